The predicted octanol–water partition coefficient (Wildman–Crippen LogP) is 15.2. The van der Waals surface area contributed by atoms with Gasteiger partial charge >= 0.3 is 0 Å². The van der Waals surface area contributed by atoms with E-state index in [1.54, 1.807) is 0 Å². The summed E-state index contributed by atoms with van der Waals surface area (Å²) >= 11 is 0. The van der Waals surface area contributed by atoms with Crippen LogP contribution in [-0.4, -0.2) is 19.5 Å². The van der Waals surface area contributed by atoms with Crippen molar-refractivity contribution in [2.24, 2.45) is 0 Å². The summed E-state index contributed by atoms with van der Waals surface area (Å²) in [6, 6.07) is 68.0. The molecule has 0 aliphatic heterocycles. The number of nitrogens with zero attached hydrogens (tertiary/aromatic N) is 4. The summed E-state index contributed by atoms with van der Waals surface area (Å²) in [5.41, 5.74) is 8.91. The maximum absolute atomic E-state index is 6.68. The number of fused-ring (bicyclic) bond motifs is 13. The molecule has 0 aliphatic rings. The average Bonchev–Trinajstić information content (AvgIpc) is 4.02. The molecule has 10 aromatic carbocycles. The molecule has 4 heterocycles. The summed E-state index contributed by atoms with van der Waals surface area (Å²) in [6.07, 6.45) is 0. The van der Waals surface area contributed by atoms with Gasteiger partial charge in [0, 0.05) is 48.8 Å². The van der Waals surface area contributed by atoms with Crippen molar-refractivity contribution in [3.8, 4) is 39.9 Å². The third-order valence-corrected chi connectivity index (χ3v) is 12.8. The quantitative estimate of drug-likeness (QED) is 0.177. The summed E-state index contributed by atoms with van der Waals surface area (Å²) in [6.45, 7) is 0. The third-order valence-electron chi connectivity index (χ3n) is 12.8. The molecule has 0 radical (unpaired) electrons. The van der Waals surface area contributed by atoms with Gasteiger partial charge < -0.3 is 13.4 Å². The van der Waals surface area contributed by atoms with E-state index < -0.39 is 0 Å². The van der Waals surface area contributed by atoms with Crippen molar-refractivity contribution in [3.63, 3.8) is 0 Å². The van der Waals surface area contributed by atoms with Crippen LogP contribution in [0.15, 0.2) is 203 Å². The Morgan fingerprint density at radius 1 is 0.333 bits per heavy atom. The molecule has 292 valence electrons. The van der Waals surface area contributed by atoms with E-state index in [2.05, 4.69) is 156 Å². The maximum Gasteiger partial charge on any atom is 0.166 e. The molecule has 0 unspecified atom stereocenters. The van der Waals surface area contributed by atoms with Gasteiger partial charge in [-0.3, -0.25) is 0 Å². The fourth-order valence-electron chi connectivity index (χ4n) is 10.0. The first-order valence-electron chi connectivity index (χ1n) is 21.2. The van der Waals surface area contributed by atoms with Crippen LogP contribution in [-0.2, 0) is 0 Å². The van der Waals surface area contributed by atoms with Gasteiger partial charge in [0.2, 0.25) is 0 Å². The van der Waals surface area contributed by atoms with Crippen molar-refractivity contribution in [2.45, 2.75) is 0 Å². The van der Waals surface area contributed by atoms with Crippen molar-refractivity contribution in [1.29, 1.82) is 0 Å². The Bertz CT molecular complexity index is 4230. The summed E-state index contributed by atoms with van der Waals surface area (Å²) in [5.74, 6) is 1.66. The van der Waals surface area contributed by atoms with Crippen LogP contribution in [0.5, 0.6) is 0 Å². The molecule has 0 spiro atoms. The monoisotopic (exact) mass is 804 g/mol. The molecule has 0 saturated heterocycles. The van der Waals surface area contributed by atoms with Gasteiger partial charge in [-0.2, -0.15) is 0 Å². The number of hydrogen-bond acceptors (Lipinski definition) is 5. The summed E-state index contributed by atoms with van der Waals surface area (Å²) < 4.78 is 15.5. The van der Waals surface area contributed by atoms with Crippen molar-refractivity contribution in [2.75, 3.05) is 0 Å². The Kier molecular flexibility index (Phi) is 7.02. The highest BCUT2D eigenvalue weighted by molar-refractivity contribution is 6.22. The molecule has 6 nitrogen and oxygen atoms in total. The van der Waals surface area contributed by atoms with E-state index in [9.17, 15) is 0 Å². The minimum Gasteiger partial charge on any atom is -0.456 e. The minimum atomic E-state index is 0.538. The average molecular weight is 805 g/mol. The van der Waals surface area contributed by atoms with Crippen LogP contribution in [0, 0.1) is 0 Å². The van der Waals surface area contributed by atoms with E-state index >= 15 is 0 Å². The maximum atomic E-state index is 6.68. The smallest absolute Gasteiger partial charge is 0.166 e. The van der Waals surface area contributed by atoms with E-state index in [1.165, 1.54) is 16.2 Å². The SMILES string of the molecule is c1ccc2cc3c(cc2c1)c1ccc2ccccc2c1n3-c1ccc2oc3ccccc3c2c1-c1nc(-c2cccc3ccccc23)nc(-c2cccc3oc4ccccc4c23)n1. The van der Waals surface area contributed by atoms with Gasteiger partial charge in [0.05, 0.1) is 22.3 Å². The molecule has 4 aromatic heterocycles. The lowest BCUT2D eigenvalue weighted by atomic mass is 10.0. The Balaban J connectivity index is 1.18. The highest BCUT2D eigenvalue weighted by atomic mass is 16.3. The zero-order valence-corrected chi connectivity index (χ0v) is 33.6. The van der Waals surface area contributed by atoms with Gasteiger partial charge in [0.25, 0.3) is 0 Å². The number of rotatable bonds is 4. The van der Waals surface area contributed by atoms with Crippen molar-refractivity contribution < 1.29 is 8.83 Å². The lowest BCUT2D eigenvalue weighted by molar-refractivity contribution is 0.668. The van der Waals surface area contributed by atoms with Gasteiger partial charge in [-0.05, 0) is 69.4 Å². The standard InChI is InChI=1S/C57H32N4O2/c1-2-16-36-32-46-44(31-35(36)15-1)39-28-27-34-14-4-6-19-38(34)54(39)61(46)45-29-30-50-52(42-21-8-10-25-48(42)63-50)53(45)57-59-55(40-22-11-17-33-13-3-5-18-37(33)40)58-56(60-57)43-23-12-26-49-51(43)41-20-7-9-24-47(41)62-49/h1-32H. The number of benzene rings is 10. The van der Waals surface area contributed by atoms with Crippen molar-refractivity contribution in [1.82, 2.24) is 19.5 Å². The van der Waals surface area contributed by atoms with Crippen LogP contribution in [0.1, 0.15) is 0 Å². The van der Waals surface area contributed by atoms with Gasteiger partial charge in [-0.25, -0.2) is 15.0 Å². The lowest BCUT2D eigenvalue weighted by Gasteiger charge is -2.17. The van der Waals surface area contributed by atoms with E-state index in [0.717, 1.165) is 104 Å². The van der Waals surface area contributed by atoms with Crippen molar-refractivity contribution >= 4 is 98.0 Å². The second kappa shape index (κ2) is 12.9. The van der Waals surface area contributed by atoms with E-state index in [-0.39, 0.29) is 0 Å². The van der Waals surface area contributed by atoms with Gasteiger partial charge in [-0.1, -0.05) is 152 Å². The van der Waals surface area contributed by atoms with Crippen molar-refractivity contribution in [3.05, 3.63) is 194 Å². The zero-order valence-electron chi connectivity index (χ0n) is 33.6. The largest absolute Gasteiger partial charge is 0.456 e. The Morgan fingerprint density at radius 3 is 1.65 bits per heavy atom. The van der Waals surface area contributed by atoms with Crippen LogP contribution in [0.2, 0.25) is 0 Å². The molecule has 14 aromatic rings. The van der Waals surface area contributed by atoms with Crippen LogP contribution in [0.25, 0.3) is 138 Å². The van der Waals surface area contributed by atoms with E-state index in [1.807, 2.05) is 42.5 Å². The second-order valence-corrected chi connectivity index (χ2v) is 16.3. The topological polar surface area (TPSA) is 69.9 Å². The molecule has 0 atom stereocenters. The number of para-hydroxylation sites is 2. The molecule has 0 aliphatic carbocycles. The van der Waals surface area contributed by atoms with Gasteiger partial charge in [0.1, 0.15) is 22.3 Å². The molecule has 0 N–H and O–H groups in total. The molecule has 0 bridgehead atoms. The summed E-state index contributed by atoms with van der Waals surface area (Å²) in [5, 5.41) is 13.1. The summed E-state index contributed by atoms with van der Waals surface area (Å²) in [7, 11) is 0. The lowest BCUT2D eigenvalue weighted by Crippen LogP contribution is -2.04. The minimum absolute atomic E-state index is 0.538. The fourth-order valence-corrected chi connectivity index (χ4v) is 10.0. The van der Waals surface area contributed by atoms with Gasteiger partial charge in [0.15, 0.2) is 17.5 Å². The molecule has 6 heteroatoms. The Morgan fingerprint density at radius 2 is 0.873 bits per heavy atom. The molecule has 63 heavy (non-hydrogen) atoms. The number of aromatic nitrogens is 4. The highest BCUT2D eigenvalue weighted by Gasteiger charge is 2.26. The molecule has 14 rings (SSSR count). The molecular formula is C57H32N4O2. The Hall–Kier alpha value is -8.61. The first-order valence-corrected chi connectivity index (χ1v) is 21.2. The Labute approximate surface area is 358 Å². The number of furan rings is 2. The zero-order chi connectivity index (χ0) is 41.2. The third kappa shape index (κ3) is 4.97. The fraction of sp³-hybridized carbons (Fsp3) is 0. The van der Waals surface area contributed by atoms with E-state index in [0.29, 0.717) is 17.5 Å². The molecular weight excluding hydrogens is 773 g/mol. The summed E-state index contributed by atoms with van der Waals surface area (Å²) in [4.78, 5) is 16.5. The van der Waals surface area contributed by atoms with Gasteiger partial charge in [-0.15, -0.1) is 0 Å². The van der Waals surface area contributed by atoms with Crippen LogP contribution < -0.4 is 0 Å². The first kappa shape index (κ1) is 34.1. The second-order valence-electron chi connectivity index (χ2n) is 16.3. The van der Waals surface area contributed by atoms with Crippen LogP contribution in [0.3, 0.4) is 0 Å². The molecule has 0 amide bonds. The van der Waals surface area contributed by atoms with Crippen LogP contribution in [0.4, 0.5) is 0 Å². The predicted molar refractivity (Wildman–Crippen MR) is 258 cm³/mol. The van der Waals surface area contributed by atoms with Crippen LogP contribution >= 0.6 is 0 Å². The highest BCUT2D eigenvalue weighted by Crippen LogP contribution is 2.46. The number of hydrogen-bond donors (Lipinski definition) is 0. The molecule has 0 saturated carbocycles. The molecule has 0 fully saturated rings. The van der Waals surface area contributed by atoms with E-state index in [4.69, 9.17) is 23.8 Å². The first-order chi connectivity index (χ1) is 31.2. The normalized spacial score (nSPS) is 12.1.